The molecule has 7 heteroatoms. The topological polar surface area (TPSA) is 89.7 Å². The Hall–Kier alpha value is -2.02. The first-order chi connectivity index (χ1) is 11.5. The van der Waals surface area contributed by atoms with Gasteiger partial charge in [0.25, 0.3) is 5.91 Å². The van der Waals surface area contributed by atoms with E-state index in [9.17, 15) is 14.4 Å². The fourth-order valence-electron chi connectivity index (χ4n) is 2.51. The Morgan fingerprint density at radius 3 is 2.46 bits per heavy atom. The number of hydrogen-bond donors (Lipinski definition) is 1. The lowest BCUT2D eigenvalue weighted by Crippen LogP contribution is -2.43. The van der Waals surface area contributed by atoms with Crippen molar-refractivity contribution < 1.29 is 19.1 Å². The van der Waals surface area contributed by atoms with E-state index >= 15 is 0 Å². The first kappa shape index (κ1) is 18.3. The second-order valence-electron chi connectivity index (χ2n) is 5.74. The number of carbonyl (C=O) groups is 3. The van der Waals surface area contributed by atoms with E-state index in [-0.39, 0.29) is 29.6 Å². The number of benzene rings is 1. The smallest absolute Gasteiger partial charge is 0.319 e. The number of thioether (sulfide) groups is 1. The van der Waals surface area contributed by atoms with E-state index in [2.05, 4.69) is 0 Å². The Morgan fingerprint density at radius 2 is 1.88 bits per heavy atom. The third kappa shape index (κ3) is 5.26. The normalized spacial score (nSPS) is 16.5. The SMILES string of the molecule is C[C@@H](Sc1ccccc1)C(=O)OCC(=O)N1CCC(C(N)=O)CC1. The van der Waals surface area contributed by atoms with Crippen LogP contribution in [0.1, 0.15) is 19.8 Å². The van der Waals surface area contributed by atoms with Gasteiger partial charge in [-0.05, 0) is 31.9 Å². The molecule has 1 atom stereocenters. The molecular formula is C17H22N2O4S. The molecule has 130 valence electrons. The summed E-state index contributed by atoms with van der Waals surface area (Å²) in [5, 5.41) is -0.388. The van der Waals surface area contributed by atoms with Gasteiger partial charge in [-0.3, -0.25) is 14.4 Å². The van der Waals surface area contributed by atoms with Crippen LogP contribution in [-0.4, -0.2) is 47.6 Å². The quantitative estimate of drug-likeness (QED) is 0.619. The van der Waals surface area contributed by atoms with Crippen LogP contribution >= 0.6 is 11.8 Å². The monoisotopic (exact) mass is 350 g/mol. The summed E-state index contributed by atoms with van der Waals surface area (Å²) in [4.78, 5) is 37.8. The molecular weight excluding hydrogens is 328 g/mol. The van der Waals surface area contributed by atoms with Gasteiger partial charge < -0.3 is 15.4 Å². The number of ether oxygens (including phenoxy) is 1. The summed E-state index contributed by atoms with van der Waals surface area (Å²) in [6.07, 6.45) is 1.13. The molecule has 2 amide bonds. The van der Waals surface area contributed by atoms with Gasteiger partial charge in [-0.2, -0.15) is 0 Å². The third-order valence-corrected chi connectivity index (χ3v) is 5.07. The first-order valence-corrected chi connectivity index (χ1v) is 8.80. The highest BCUT2D eigenvalue weighted by molar-refractivity contribution is 8.00. The molecule has 0 spiro atoms. The van der Waals surface area contributed by atoms with Gasteiger partial charge in [-0.15, -0.1) is 11.8 Å². The Morgan fingerprint density at radius 1 is 1.25 bits per heavy atom. The van der Waals surface area contributed by atoms with Gasteiger partial charge in [0.2, 0.25) is 5.91 Å². The average molecular weight is 350 g/mol. The van der Waals surface area contributed by atoms with Crippen molar-refractivity contribution in [2.45, 2.75) is 29.9 Å². The van der Waals surface area contributed by atoms with Crippen LogP contribution in [0, 0.1) is 5.92 Å². The Labute approximate surface area is 145 Å². The largest absolute Gasteiger partial charge is 0.455 e. The van der Waals surface area contributed by atoms with Crippen LogP contribution in [0.25, 0.3) is 0 Å². The zero-order valence-electron chi connectivity index (χ0n) is 13.6. The highest BCUT2D eigenvalue weighted by Gasteiger charge is 2.26. The summed E-state index contributed by atoms with van der Waals surface area (Å²) in [7, 11) is 0. The Bertz CT molecular complexity index is 586. The van der Waals surface area contributed by atoms with Crippen LogP contribution in [-0.2, 0) is 19.1 Å². The standard InChI is InChI=1S/C17H22N2O4S/c1-12(24-14-5-3-2-4-6-14)17(22)23-11-15(20)19-9-7-13(8-10-19)16(18)21/h2-6,12-13H,7-11H2,1H3,(H2,18,21)/t12-/m1/s1. The molecule has 0 saturated carbocycles. The molecule has 1 aliphatic heterocycles. The number of primary amides is 1. The van der Waals surface area contributed by atoms with Gasteiger partial charge in [-0.25, -0.2) is 0 Å². The van der Waals surface area contributed by atoms with Crippen molar-refractivity contribution in [3.05, 3.63) is 30.3 Å². The molecule has 6 nitrogen and oxygen atoms in total. The van der Waals surface area contributed by atoms with Crippen LogP contribution in [0.3, 0.4) is 0 Å². The number of nitrogens with two attached hydrogens (primary N) is 1. The van der Waals surface area contributed by atoms with E-state index in [4.69, 9.17) is 10.5 Å². The number of likely N-dealkylation sites (tertiary alicyclic amines) is 1. The molecule has 24 heavy (non-hydrogen) atoms. The lowest BCUT2D eigenvalue weighted by atomic mass is 9.96. The van der Waals surface area contributed by atoms with E-state index in [1.54, 1.807) is 11.8 Å². The molecule has 1 aliphatic rings. The lowest BCUT2D eigenvalue weighted by Gasteiger charge is -2.30. The Kier molecular flexibility index (Phi) is 6.66. The van der Waals surface area contributed by atoms with E-state index in [0.717, 1.165) is 4.90 Å². The van der Waals surface area contributed by atoms with Gasteiger partial charge in [0.05, 0.1) is 0 Å². The van der Waals surface area contributed by atoms with Gasteiger partial charge in [0.15, 0.2) is 6.61 Å². The van der Waals surface area contributed by atoms with Crippen molar-refractivity contribution in [2.75, 3.05) is 19.7 Å². The fourth-order valence-corrected chi connectivity index (χ4v) is 3.39. The van der Waals surface area contributed by atoms with Crippen molar-refractivity contribution in [3.63, 3.8) is 0 Å². The lowest BCUT2D eigenvalue weighted by molar-refractivity contribution is -0.152. The number of esters is 1. The van der Waals surface area contributed by atoms with Crippen molar-refractivity contribution in [1.82, 2.24) is 4.90 Å². The zero-order valence-corrected chi connectivity index (χ0v) is 14.5. The highest BCUT2D eigenvalue weighted by Crippen LogP contribution is 2.23. The zero-order chi connectivity index (χ0) is 17.5. The Balaban J connectivity index is 1.73. The molecule has 0 radical (unpaired) electrons. The molecule has 1 aromatic carbocycles. The molecule has 0 aliphatic carbocycles. The van der Waals surface area contributed by atoms with Crippen LogP contribution in [0.4, 0.5) is 0 Å². The molecule has 1 heterocycles. The van der Waals surface area contributed by atoms with E-state index < -0.39 is 5.97 Å². The van der Waals surface area contributed by atoms with Gasteiger partial charge in [0, 0.05) is 23.9 Å². The van der Waals surface area contributed by atoms with E-state index in [1.165, 1.54) is 11.8 Å². The molecule has 2 rings (SSSR count). The molecule has 1 saturated heterocycles. The summed E-state index contributed by atoms with van der Waals surface area (Å²) in [6.45, 7) is 2.43. The van der Waals surface area contributed by atoms with Crippen molar-refractivity contribution in [1.29, 1.82) is 0 Å². The fraction of sp³-hybridized carbons (Fsp3) is 0.471. The summed E-state index contributed by atoms with van der Waals surface area (Å²) in [6, 6.07) is 9.55. The second kappa shape index (κ2) is 8.73. The van der Waals surface area contributed by atoms with Gasteiger partial charge in [-0.1, -0.05) is 18.2 Å². The maximum Gasteiger partial charge on any atom is 0.319 e. The van der Waals surface area contributed by atoms with Crippen LogP contribution < -0.4 is 5.73 Å². The number of amides is 2. The van der Waals surface area contributed by atoms with Crippen LogP contribution in [0.2, 0.25) is 0 Å². The maximum absolute atomic E-state index is 12.1. The first-order valence-electron chi connectivity index (χ1n) is 7.93. The van der Waals surface area contributed by atoms with Crippen molar-refractivity contribution in [2.24, 2.45) is 11.7 Å². The summed E-state index contributed by atoms with van der Waals surface area (Å²) < 4.78 is 5.12. The average Bonchev–Trinajstić information content (AvgIpc) is 2.60. The minimum atomic E-state index is -0.413. The molecule has 0 unspecified atom stereocenters. The van der Waals surface area contributed by atoms with Gasteiger partial charge in [0.1, 0.15) is 5.25 Å². The molecule has 0 aromatic heterocycles. The predicted octanol–water partition coefficient (Wildman–Crippen LogP) is 1.43. The van der Waals surface area contributed by atoms with E-state index in [1.807, 2.05) is 30.3 Å². The third-order valence-electron chi connectivity index (χ3n) is 3.98. The van der Waals surface area contributed by atoms with Crippen molar-refractivity contribution >= 4 is 29.5 Å². The minimum Gasteiger partial charge on any atom is -0.455 e. The van der Waals surface area contributed by atoms with Crippen LogP contribution in [0.15, 0.2) is 35.2 Å². The van der Waals surface area contributed by atoms with E-state index in [0.29, 0.717) is 25.9 Å². The summed E-state index contributed by atoms with van der Waals surface area (Å²) in [5.41, 5.74) is 5.27. The molecule has 0 bridgehead atoms. The molecule has 2 N–H and O–H groups in total. The molecule has 1 aromatic rings. The minimum absolute atomic E-state index is 0.168. The number of nitrogens with zero attached hydrogens (tertiary/aromatic N) is 1. The molecule has 1 fully saturated rings. The predicted molar refractivity (Wildman–Crippen MR) is 91.2 cm³/mol. The van der Waals surface area contributed by atoms with Gasteiger partial charge >= 0.3 is 5.97 Å². The van der Waals surface area contributed by atoms with Crippen LogP contribution in [0.5, 0.6) is 0 Å². The number of rotatable bonds is 6. The second-order valence-corrected chi connectivity index (χ2v) is 7.15. The number of piperidine rings is 1. The summed E-state index contributed by atoms with van der Waals surface area (Å²) >= 11 is 1.39. The maximum atomic E-state index is 12.1. The van der Waals surface area contributed by atoms with Crippen molar-refractivity contribution in [3.8, 4) is 0 Å². The highest BCUT2D eigenvalue weighted by atomic mass is 32.2. The summed E-state index contributed by atoms with van der Waals surface area (Å²) in [5.74, 6) is -1.13. The number of hydrogen-bond acceptors (Lipinski definition) is 5. The number of carbonyl (C=O) groups excluding carboxylic acids is 3.